The highest BCUT2D eigenvalue weighted by molar-refractivity contribution is 5.94. The van der Waals surface area contributed by atoms with Crippen molar-refractivity contribution in [1.82, 2.24) is 0 Å². The highest BCUT2D eigenvalue weighted by atomic mass is 16.5. The molecule has 6 heteroatoms. The first kappa shape index (κ1) is 24.3. The monoisotopic (exact) mass is 460 g/mol. The van der Waals surface area contributed by atoms with E-state index in [0.717, 1.165) is 38.5 Å². The highest BCUT2D eigenvalue weighted by Crippen LogP contribution is 2.68. The number of ketones is 1. The van der Waals surface area contributed by atoms with Gasteiger partial charge in [0, 0.05) is 25.2 Å². The third kappa shape index (κ3) is 3.91. The molecule has 9 atom stereocenters. The number of allylic oxidation sites excluding steroid dienone is 2. The molecule has 0 heterocycles. The van der Waals surface area contributed by atoms with Crippen LogP contribution in [-0.2, 0) is 23.9 Å². The Kier molecular flexibility index (Phi) is 6.43. The molecule has 0 aromatic heterocycles. The lowest BCUT2D eigenvalue weighted by molar-refractivity contribution is -0.189. The summed E-state index contributed by atoms with van der Waals surface area (Å²) in [5.74, 6) is 1.44. The third-order valence-electron chi connectivity index (χ3n) is 10.3. The predicted molar refractivity (Wildman–Crippen MR) is 123 cm³/mol. The second kappa shape index (κ2) is 8.74. The lowest BCUT2D eigenvalue weighted by Crippen LogP contribution is -2.59. The van der Waals surface area contributed by atoms with Gasteiger partial charge in [0.15, 0.2) is 11.5 Å². The van der Waals surface area contributed by atoms with E-state index in [1.165, 1.54) is 14.0 Å². The second-order valence-corrected chi connectivity index (χ2v) is 11.7. The quantitative estimate of drug-likeness (QED) is 0.580. The van der Waals surface area contributed by atoms with E-state index in [2.05, 4.69) is 20.8 Å². The van der Waals surface area contributed by atoms with Crippen molar-refractivity contribution in [2.75, 3.05) is 7.11 Å². The van der Waals surface area contributed by atoms with Crippen molar-refractivity contribution in [3.05, 3.63) is 11.8 Å². The number of hydrogen-bond acceptors (Lipinski definition) is 6. The standard InChI is InChI=1S/C27H40O6/c1-15(6-11-25(31)32-5)19-9-10-20-18-8-7-17-12-22(29)23(30)14-26(17,3)21(18)13-24(27(19,20)4)33-16(2)28/h12,15,17-21,24,29H,6-11,13-14H2,1-5H3/t15-,17+,18+,19?,20+,21+,24+,26+,27-/m1/s1. The van der Waals surface area contributed by atoms with Gasteiger partial charge in [-0.05, 0) is 85.5 Å². The molecule has 33 heavy (non-hydrogen) atoms. The summed E-state index contributed by atoms with van der Waals surface area (Å²) in [6.45, 7) is 8.25. The molecular weight excluding hydrogens is 420 g/mol. The maximum Gasteiger partial charge on any atom is 0.305 e. The van der Waals surface area contributed by atoms with E-state index >= 15 is 0 Å². The van der Waals surface area contributed by atoms with Gasteiger partial charge < -0.3 is 14.6 Å². The maximum absolute atomic E-state index is 12.5. The number of fused-ring (bicyclic) bond motifs is 5. The van der Waals surface area contributed by atoms with E-state index in [4.69, 9.17) is 9.47 Å². The van der Waals surface area contributed by atoms with Crippen LogP contribution in [0.15, 0.2) is 11.8 Å². The molecule has 0 radical (unpaired) electrons. The molecule has 0 amide bonds. The molecule has 4 rings (SSSR count). The van der Waals surface area contributed by atoms with Crippen molar-refractivity contribution in [3.8, 4) is 0 Å². The number of ether oxygens (including phenoxy) is 2. The van der Waals surface area contributed by atoms with Crippen molar-refractivity contribution in [3.63, 3.8) is 0 Å². The Labute approximate surface area is 197 Å². The van der Waals surface area contributed by atoms with E-state index in [1.54, 1.807) is 6.08 Å². The Hall–Kier alpha value is -1.85. The molecule has 0 aliphatic heterocycles. The van der Waals surface area contributed by atoms with Crippen LogP contribution in [0.3, 0.4) is 0 Å². The van der Waals surface area contributed by atoms with Crippen molar-refractivity contribution < 1.29 is 29.0 Å². The van der Waals surface area contributed by atoms with Gasteiger partial charge in [-0.3, -0.25) is 14.4 Å². The van der Waals surface area contributed by atoms with Crippen molar-refractivity contribution in [1.29, 1.82) is 0 Å². The molecule has 6 nitrogen and oxygen atoms in total. The SMILES string of the molecule is COC(=O)CC[C@@H](C)C1CC[C@H]2[C@@H]3CC[C@H]4C=C(O)C(=O)C[C@]4(C)[C@H]3C[C@H](OC(C)=O)[C@]12C. The minimum atomic E-state index is -0.249. The lowest BCUT2D eigenvalue weighted by Gasteiger charge is -2.61. The van der Waals surface area contributed by atoms with Gasteiger partial charge in [0.05, 0.1) is 7.11 Å². The minimum Gasteiger partial charge on any atom is -0.505 e. The number of aliphatic hydroxyl groups excluding tert-OH is 1. The Morgan fingerprint density at radius 2 is 1.91 bits per heavy atom. The molecular formula is C27H40O6. The Balaban J connectivity index is 1.65. The number of methoxy groups -OCH3 is 1. The Morgan fingerprint density at radius 3 is 2.58 bits per heavy atom. The van der Waals surface area contributed by atoms with Crippen LogP contribution in [0.4, 0.5) is 0 Å². The molecule has 3 fully saturated rings. The molecule has 0 saturated heterocycles. The van der Waals surface area contributed by atoms with E-state index in [-0.39, 0.29) is 52.3 Å². The van der Waals surface area contributed by atoms with E-state index in [1.807, 2.05) is 0 Å². The molecule has 1 N–H and O–H groups in total. The van der Waals surface area contributed by atoms with E-state index in [9.17, 15) is 19.5 Å². The molecule has 0 bridgehead atoms. The third-order valence-corrected chi connectivity index (χ3v) is 10.3. The summed E-state index contributed by atoms with van der Waals surface area (Å²) in [5, 5.41) is 10.1. The zero-order valence-electron chi connectivity index (χ0n) is 20.8. The number of carbonyl (C=O) groups is 3. The summed E-state index contributed by atoms with van der Waals surface area (Å²) in [4.78, 5) is 36.5. The summed E-state index contributed by atoms with van der Waals surface area (Å²) in [6, 6.07) is 0. The molecule has 3 saturated carbocycles. The molecule has 0 aromatic carbocycles. The predicted octanol–water partition coefficient (Wildman–Crippen LogP) is 5.01. The lowest BCUT2D eigenvalue weighted by atomic mass is 9.44. The Bertz CT molecular complexity index is 848. The van der Waals surface area contributed by atoms with Gasteiger partial charge in [0.2, 0.25) is 0 Å². The summed E-state index contributed by atoms with van der Waals surface area (Å²) < 4.78 is 10.9. The van der Waals surface area contributed by atoms with E-state index < -0.39 is 0 Å². The van der Waals surface area contributed by atoms with E-state index in [0.29, 0.717) is 36.5 Å². The topological polar surface area (TPSA) is 89.9 Å². The van der Waals surface area contributed by atoms with Crippen molar-refractivity contribution in [2.45, 2.75) is 85.2 Å². The number of carbonyl (C=O) groups excluding carboxylic acids is 3. The Morgan fingerprint density at radius 1 is 1.18 bits per heavy atom. The number of hydrogen-bond donors (Lipinski definition) is 1. The first-order chi connectivity index (χ1) is 15.5. The number of esters is 2. The summed E-state index contributed by atoms with van der Waals surface area (Å²) in [5.41, 5.74) is -0.344. The van der Waals surface area contributed by atoms with Gasteiger partial charge in [0.1, 0.15) is 6.10 Å². The van der Waals surface area contributed by atoms with Gasteiger partial charge in [-0.1, -0.05) is 20.8 Å². The van der Waals surface area contributed by atoms with Crippen LogP contribution in [-0.4, -0.2) is 36.0 Å². The molecule has 0 aromatic rings. The van der Waals surface area contributed by atoms with Gasteiger partial charge in [-0.25, -0.2) is 0 Å². The molecule has 0 spiro atoms. The number of Topliss-reactive ketones (excluding diaryl/α,β-unsaturated/α-hetero) is 1. The fraction of sp³-hybridized carbons (Fsp3) is 0.815. The largest absolute Gasteiger partial charge is 0.505 e. The number of aliphatic hydroxyl groups is 1. The molecule has 184 valence electrons. The van der Waals surface area contributed by atoms with Gasteiger partial charge >= 0.3 is 11.9 Å². The molecule has 4 aliphatic rings. The zero-order chi connectivity index (χ0) is 24.1. The summed E-state index contributed by atoms with van der Waals surface area (Å²) in [6.07, 6.45) is 8.17. The minimum absolute atomic E-state index is 0.0755. The van der Waals surface area contributed by atoms with Crippen LogP contribution in [0, 0.1) is 46.3 Å². The maximum atomic E-state index is 12.5. The zero-order valence-corrected chi connectivity index (χ0v) is 20.8. The second-order valence-electron chi connectivity index (χ2n) is 11.7. The summed E-state index contributed by atoms with van der Waals surface area (Å²) >= 11 is 0. The average molecular weight is 461 g/mol. The first-order valence-electron chi connectivity index (χ1n) is 12.7. The molecule has 4 aliphatic carbocycles. The van der Waals surface area contributed by atoms with Crippen LogP contribution < -0.4 is 0 Å². The summed E-state index contributed by atoms with van der Waals surface area (Å²) in [7, 11) is 1.43. The van der Waals surface area contributed by atoms with Gasteiger partial charge in [-0.15, -0.1) is 0 Å². The number of rotatable bonds is 5. The highest BCUT2D eigenvalue weighted by Gasteiger charge is 2.65. The normalized spacial score (nSPS) is 42.9. The van der Waals surface area contributed by atoms with Crippen molar-refractivity contribution >= 4 is 17.7 Å². The van der Waals surface area contributed by atoms with Crippen LogP contribution in [0.1, 0.15) is 79.1 Å². The molecule has 1 unspecified atom stereocenters. The first-order valence-corrected chi connectivity index (χ1v) is 12.7. The fourth-order valence-corrected chi connectivity index (χ4v) is 8.66. The smallest absolute Gasteiger partial charge is 0.305 e. The van der Waals surface area contributed by atoms with Crippen molar-refractivity contribution in [2.24, 2.45) is 46.3 Å². The van der Waals surface area contributed by atoms with Crippen LogP contribution in [0.25, 0.3) is 0 Å². The van der Waals surface area contributed by atoms with Gasteiger partial charge in [-0.2, -0.15) is 0 Å². The van der Waals surface area contributed by atoms with Gasteiger partial charge in [0.25, 0.3) is 0 Å². The average Bonchev–Trinajstić information content (AvgIpc) is 3.11. The van der Waals surface area contributed by atoms with Crippen LogP contribution in [0.5, 0.6) is 0 Å². The van der Waals surface area contributed by atoms with Crippen LogP contribution in [0.2, 0.25) is 0 Å². The van der Waals surface area contributed by atoms with Crippen LogP contribution >= 0.6 is 0 Å². The fourth-order valence-electron chi connectivity index (χ4n) is 8.66.